The molecule has 1 aliphatic carbocycles. The van der Waals surface area contributed by atoms with Crippen LogP contribution in [0.4, 0.5) is 8.78 Å². The average molecular weight is 258 g/mol. The quantitative estimate of drug-likeness (QED) is 0.816. The van der Waals surface area contributed by atoms with Gasteiger partial charge in [0, 0.05) is 17.6 Å². The Balaban J connectivity index is 2.31. The lowest BCUT2D eigenvalue weighted by atomic mass is 10.1. The van der Waals surface area contributed by atoms with E-state index in [0.29, 0.717) is 12.8 Å². The molecule has 1 aliphatic rings. The van der Waals surface area contributed by atoms with Crippen LogP contribution >= 0.6 is 0 Å². The van der Waals surface area contributed by atoms with E-state index < -0.39 is 27.7 Å². The molecular formula is C12H12F2O2S. The fourth-order valence-corrected chi connectivity index (χ4v) is 3.73. The molecule has 1 fully saturated rings. The van der Waals surface area contributed by atoms with Crippen LogP contribution in [0.3, 0.4) is 0 Å². The van der Waals surface area contributed by atoms with Crippen molar-refractivity contribution in [3.63, 3.8) is 0 Å². The minimum Gasteiger partial charge on any atom is -0.299 e. The summed E-state index contributed by atoms with van der Waals surface area (Å²) >= 11 is 0. The lowest BCUT2D eigenvalue weighted by molar-refractivity contribution is -0.120. The van der Waals surface area contributed by atoms with Crippen molar-refractivity contribution in [1.29, 1.82) is 0 Å². The van der Waals surface area contributed by atoms with Crippen molar-refractivity contribution < 1.29 is 17.8 Å². The maximum absolute atomic E-state index is 13.5. The lowest BCUT2D eigenvalue weighted by Gasteiger charge is -2.14. The molecule has 0 saturated heterocycles. The highest BCUT2D eigenvalue weighted by atomic mass is 32.2. The number of carbonyl (C=O) groups is 1. The summed E-state index contributed by atoms with van der Waals surface area (Å²) in [7, 11) is -1.67. The molecule has 0 radical (unpaired) electrons. The van der Waals surface area contributed by atoms with Gasteiger partial charge in [-0.25, -0.2) is 8.78 Å². The molecule has 2 rings (SSSR count). The standard InChI is InChI=1S/C12H12F2O2S/c1-7-10(15)4-5-11(7)17(16)12-6-8(13)2-3-9(12)14/h2-3,6-7,11H,4-5H2,1H3. The van der Waals surface area contributed by atoms with Crippen LogP contribution in [0.15, 0.2) is 23.1 Å². The Hall–Kier alpha value is -1.10. The Labute approximate surface area is 100 Å². The molecular weight excluding hydrogens is 246 g/mol. The molecule has 2 nitrogen and oxygen atoms in total. The summed E-state index contributed by atoms with van der Waals surface area (Å²) in [6, 6.07) is 2.89. The molecule has 0 amide bonds. The third kappa shape index (κ3) is 2.29. The number of hydrogen-bond donors (Lipinski definition) is 0. The van der Waals surface area contributed by atoms with Crippen molar-refractivity contribution in [1.82, 2.24) is 0 Å². The molecule has 0 heterocycles. The average Bonchev–Trinajstić information content (AvgIpc) is 2.62. The highest BCUT2D eigenvalue weighted by molar-refractivity contribution is 7.85. The van der Waals surface area contributed by atoms with Crippen LogP contribution in [-0.4, -0.2) is 15.2 Å². The smallest absolute Gasteiger partial charge is 0.139 e. The monoisotopic (exact) mass is 258 g/mol. The van der Waals surface area contributed by atoms with Gasteiger partial charge in [0.1, 0.15) is 17.4 Å². The van der Waals surface area contributed by atoms with E-state index in [1.54, 1.807) is 6.92 Å². The molecule has 1 aromatic carbocycles. The Morgan fingerprint density at radius 2 is 2.06 bits per heavy atom. The second-order valence-electron chi connectivity index (χ2n) is 4.20. The minimum absolute atomic E-state index is 0.0418. The fourth-order valence-electron chi connectivity index (χ4n) is 2.06. The van der Waals surface area contributed by atoms with Crippen molar-refractivity contribution in [3.8, 4) is 0 Å². The molecule has 1 saturated carbocycles. The first-order valence-corrected chi connectivity index (χ1v) is 6.60. The lowest BCUT2D eigenvalue weighted by Crippen LogP contribution is -2.22. The molecule has 92 valence electrons. The van der Waals surface area contributed by atoms with Crippen LogP contribution in [0.1, 0.15) is 19.8 Å². The van der Waals surface area contributed by atoms with Crippen molar-refractivity contribution in [2.24, 2.45) is 5.92 Å². The molecule has 1 aromatic rings. The summed E-state index contributed by atoms with van der Waals surface area (Å²) in [6.07, 6.45) is 0.844. The Kier molecular flexibility index (Phi) is 3.38. The molecule has 17 heavy (non-hydrogen) atoms. The van der Waals surface area contributed by atoms with E-state index in [0.717, 1.165) is 18.2 Å². The fraction of sp³-hybridized carbons (Fsp3) is 0.417. The van der Waals surface area contributed by atoms with Crippen molar-refractivity contribution in [2.45, 2.75) is 29.9 Å². The van der Waals surface area contributed by atoms with Crippen LogP contribution in [0.5, 0.6) is 0 Å². The molecule has 5 heteroatoms. The molecule has 0 N–H and O–H groups in total. The topological polar surface area (TPSA) is 34.1 Å². The van der Waals surface area contributed by atoms with Gasteiger partial charge in [0.2, 0.25) is 0 Å². The summed E-state index contributed by atoms with van der Waals surface area (Å²) in [5, 5.41) is -0.404. The predicted octanol–water partition coefficient (Wildman–Crippen LogP) is 2.44. The van der Waals surface area contributed by atoms with E-state index in [4.69, 9.17) is 0 Å². The highest BCUT2D eigenvalue weighted by Crippen LogP contribution is 2.30. The third-order valence-electron chi connectivity index (χ3n) is 3.13. The Morgan fingerprint density at radius 3 is 2.65 bits per heavy atom. The van der Waals surface area contributed by atoms with E-state index >= 15 is 0 Å². The van der Waals surface area contributed by atoms with E-state index in [1.807, 2.05) is 0 Å². The van der Waals surface area contributed by atoms with Gasteiger partial charge in [-0.2, -0.15) is 0 Å². The zero-order valence-corrected chi connectivity index (χ0v) is 10.1. The van der Waals surface area contributed by atoms with E-state index in [9.17, 15) is 17.8 Å². The first kappa shape index (κ1) is 12.4. The second-order valence-corrected chi connectivity index (χ2v) is 5.84. The summed E-state index contributed by atoms with van der Waals surface area (Å²) < 4.78 is 38.6. The number of halogens is 2. The van der Waals surface area contributed by atoms with E-state index in [-0.39, 0.29) is 16.6 Å². The van der Waals surface area contributed by atoms with Gasteiger partial charge < -0.3 is 0 Å². The predicted molar refractivity (Wildman–Crippen MR) is 60.0 cm³/mol. The van der Waals surface area contributed by atoms with Gasteiger partial charge in [0.15, 0.2) is 0 Å². The zero-order valence-electron chi connectivity index (χ0n) is 9.28. The number of rotatable bonds is 2. The summed E-state index contributed by atoms with van der Waals surface area (Å²) in [4.78, 5) is 11.2. The summed E-state index contributed by atoms with van der Waals surface area (Å²) in [5.74, 6) is -1.61. The number of carbonyl (C=O) groups excluding carboxylic acids is 1. The number of benzene rings is 1. The Morgan fingerprint density at radius 1 is 1.35 bits per heavy atom. The maximum atomic E-state index is 13.5. The van der Waals surface area contributed by atoms with Crippen LogP contribution in [0.25, 0.3) is 0 Å². The van der Waals surface area contributed by atoms with Crippen molar-refractivity contribution in [2.75, 3.05) is 0 Å². The number of hydrogen-bond acceptors (Lipinski definition) is 2. The van der Waals surface area contributed by atoms with Crippen LogP contribution in [0.2, 0.25) is 0 Å². The van der Waals surface area contributed by atoms with Gasteiger partial charge in [0.25, 0.3) is 0 Å². The zero-order chi connectivity index (χ0) is 12.6. The summed E-state index contributed by atoms with van der Waals surface area (Å²) in [5.41, 5.74) is 0. The normalized spacial score (nSPS) is 26.2. The van der Waals surface area contributed by atoms with Crippen LogP contribution < -0.4 is 0 Å². The first-order valence-electron chi connectivity index (χ1n) is 5.39. The minimum atomic E-state index is -1.67. The Bertz CT molecular complexity index is 487. The third-order valence-corrected chi connectivity index (χ3v) is 5.07. The van der Waals surface area contributed by atoms with Gasteiger partial charge in [-0.1, -0.05) is 6.92 Å². The second kappa shape index (κ2) is 4.64. The SMILES string of the molecule is CC1C(=O)CCC1S(=O)c1cc(F)ccc1F. The first-order chi connectivity index (χ1) is 8.00. The van der Waals surface area contributed by atoms with Gasteiger partial charge >= 0.3 is 0 Å². The van der Waals surface area contributed by atoms with E-state index in [1.165, 1.54) is 0 Å². The molecule has 0 aromatic heterocycles. The van der Waals surface area contributed by atoms with E-state index in [2.05, 4.69) is 0 Å². The largest absolute Gasteiger partial charge is 0.299 e. The van der Waals surface area contributed by atoms with Gasteiger partial charge in [-0.05, 0) is 24.6 Å². The molecule has 0 bridgehead atoms. The molecule has 3 unspecified atom stereocenters. The van der Waals surface area contributed by atoms with Crippen molar-refractivity contribution >= 4 is 16.6 Å². The molecule has 0 spiro atoms. The van der Waals surface area contributed by atoms with Gasteiger partial charge in [-0.15, -0.1) is 0 Å². The maximum Gasteiger partial charge on any atom is 0.139 e. The number of ketones is 1. The van der Waals surface area contributed by atoms with Gasteiger partial charge in [-0.3, -0.25) is 9.00 Å². The van der Waals surface area contributed by atoms with Gasteiger partial charge in [0.05, 0.1) is 15.7 Å². The van der Waals surface area contributed by atoms with Crippen molar-refractivity contribution in [3.05, 3.63) is 29.8 Å². The number of Topliss-reactive ketones (excluding diaryl/α,β-unsaturated/α-hetero) is 1. The van der Waals surface area contributed by atoms with Crippen LogP contribution in [0, 0.1) is 17.6 Å². The molecule has 3 atom stereocenters. The van der Waals surface area contributed by atoms with Crippen LogP contribution in [-0.2, 0) is 15.6 Å². The molecule has 0 aliphatic heterocycles. The highest BCUT2D eigenvalue weighted by Gasteiger charge is 2.36. The summed E-state index contributed by atoms with van der Waals surface area (Å²) in [6.45, 7) is 1.69.